The number of aryl methyl sites for hydroxylation is 1. The number of methoxy groups -OCH3 is 1. The first kappa shape index (κ1) is 19.3. The molecule has 0 aliphatic carbocycles. The zero-order valence-corrected chi connectivity index (χ0v) is 16.0. The molecule has 1 aliphatic rings. The maximum atomic E-state index is 12.9. The summed E-state index contributed by atoms with van der Waals surface area (Å²) >= 11 is 0. The van der Waals surface area contributed by atoms with Gasteiger partial charge in [-0.3, -0.25) is 9.69 Å². The molecule has 0 bridgehead atoms. The molecule has 1 fully saturated rings. The highest BCUT2D eigenvalue weighted by molar-refractivity contribution is 5.93. The van der Waals surface area contributed by atoms with Crippen molar-refractivity contribution in [2.45, 2.75) is 13.5 Å². The lowest BCUT2D eigenvalue weighted by Gasteiger charge is -2.34. The third-order valence-corrected chi connectivity index (χ3v) is 4.58. The highest BCUT2D eigenvalue weighted by atomic mass is 16.5. The summed E-state index contributed by atoms with van der Waals surface area (Å²) in [5, 5.41) is 3.16. The van der Waals surface area contributed by atoms with E-state index in [1.54, 1.807) is 20.1 Å². The maximum absolute atomic E-state index is 12.9. The van der Waals surface area contributed by atoms with Crippen molar-refractivity contribution in [3.05, 3.63) is 53.5 Å². The summed E-state index contributed by atoms with van der Waals surface area (Å²) in [6, 6.07) is 12.2. The summed E-state index contributed by atoms with van der Waals surface area (Å²) in [5.74, 6) is 1.21. The summed E-state index contributed by atoms with van der Waals surface area (Å²) in [6.45, 7) is 7.09. The van der Waals surface area contributed by atoms with Crippen LogP contribution in [0.25, 0.3) is 0 Å². The number of ether oxygens (including phenoxy) is 1. The molecule has 1 amide bonds. The molecule has 1 saturated heterocycles. The van der Waals surface area contributed by atoms with Crippen molar-refractivity contribution < 1.29 is 9.53 Å². The number of benzene rings is 1. The van der Waals surface area contributed by atoms with Gasteiger partial charge in [-0.05, 0) is 12.5 Å². The average Bonchev–Trinajstić information content (AvgIpc) is 2.69. The zero-order chi connectivity index (χ0) is 19.1. The number of rotatable bonds is 7. The first-order valence-electron chi connectivity index (χ1n) is 9.30. The van der Waals surface area contributed by atoms with Gasteiger partial charge in [-0.15, -0.1) is 0 Å². The number of hydrogen-bond acceptors (Lipinski definition) is 6. The largest absolute Gasteiger partial charge is 0.383 e. The fraction of sp³-hybridized carbons (Fsp3) is 0.450. The summed E-state index contributed by atoms with van der Waals surface area (Å²) in [5.41, 5.74) is 1.74. The van der Waals surface area contributed by atoms with Crippen LogP contribution in [-0.2, 0) is 11.3 Å². The second-order valence-corrected chi connectivity index (χ2v) is 6.66. The average molecular weight is 369 g/mol. The number of carbonyl (C=O) groups is 1. The van der Waals surface area contributed by atoms with E-state index in [4.69, 9.17) is 4.74 Å². The van der Waals surface area contributed by atoms with E-state index in [9.17, 15) is 4.79 Å². The van der Waals surface area contributed by atoms with E-state index < -0.39 is 0 Å². The van der Waals surface area contributed by atoms with Crippen LogP contribution in [0.4, 0.5) is 5.82 Å². The Morgan fingerprint density at radius 1 is 1.15 bits per heavy atom. The van der Waals surface area contributed by atoms with Crippen LogP contribution in [0, 0.1) is 6.92 Å². The third kappa shape index (κ3) is 5.48. The Hall–Kier alpha value is -2.51. The highest BCUT2D eigenvalue weighted by Gasteiger charge is 2.23. The lowest BCUT2D eigenvalue weighted by molar-refractivity contribution is 0.0622. The van der Waals surface area contributed by atoms with Gasteiger partial charge in [0.2, 0.25) is 0 Å². The number of aromatic nitrogens is 2. The van der Waals surface area contributed by atoms with E-state index >= 15 is 0 Å². The van der Waals surface area contributed by atoms with Gasteiger partial charge in [-0.25, -0.2) is 9.97 Å². The van der Waals surface area contributed by atoms with E-state index in [0.717, 1.165) is 19.6 Å². The Bertz CT molecular complexity index is 745. The van der Waals surface area contributed by atoms with Gasteiger partial charge in [0.1, 0.15) is 17.3 Å². The van der Waals surface area contributed by atoms with Crippen LogP contribution < -0.4 is 5.32 Å². The van der Waals surface area contributed by atoms with Crippen molar-refractivity contribution in [3.63, 3.8) is 0 Å². The molecule has 2 heterocycles. The van der Waals surface area contributed by atoms with Crippen LogP contribution in [0.15, 0.2) is 36.4 Å². The first-order chi connectivity index (χ1) is 13.2. The molecule has 1 N–H and O–H groups in total. The van der Waals surface area contributed by atoms with Gasteiger partial charge >= 0.3 is 0 Å². The molecule has 7 heteroatoms. The van der Waals surface area contributed by atoms with Gasteiger partial charge in [0, 0.05) is 52.4 Å². The van der Waals surface area contributed by atoms with Crippen molar-refractivity contribution in [2.24, 2.45) is 0 Å². The number of anilines is 1. The number of amides is 1. The highest BCUT2D eigenvalue weighted by Crippen LogP contribution is 2.13. The molecule has 0 radical (unpaired) electrons. The second-order valence-electron chi connectivity index (χ2n) is 6.66. The number of nitrogens with one attached hydrogen (secondary N) is 1. The molecule has 7 nitrogen and oxygen atoms in total. The van der Waals surface area contributed by atoms with Crippen molar-refractivity contribution in [1.82, 2.24) is 19.8 Å². The molecule has 1 aromatic heterocycles. The molecular formula is C20H27N5O2. The Labute approximate surface area is 160 Å². The van der Waals surface area contributed by atoms with E-state index in [-0.39, 0.29) is 5.91 Å². The predicted octanol–water partition coefficient (Wildman–Crippen LogP) is 1.80. The number of hydrogen-bond donors (Lipinski definition) is 1. The van der Waals surface area contributed by atoms with Crippen LogP contribution in [0.5, 0.6) is 0 Å². The van der Waals surface area contributed by atoms with Gasteiger partial charge in [-0.2, -0.15) is 0 Å². The lowest BCUT2D eigenvalue weighted by Crippen LogP contribution is -2.48. The molecule has 2 aromatic rings. The minimum atomic E-state index is -0.0327. The quantitative estimate of drug-likeness (QED) is 0.751. The van der Waals surface area contributed by atoms with E-state index in [1.165, 1.54) is 5.56 Å². The molecule has 1 aromatic carbocycles. The Kier molecular flexibility index (Phi) is 6.73. The Balaban J connectivity index is 1.57. The Morgan fingerprint density at radius 3 is 2.59 bits per heavy atom. The first-order valence-corrected chi connectivity index (χ1v) is 9.30. The standard InChI is InChI=1S/C20H27N5O2/c1-16-22-18(14-19(23-16)21-8-13-27-2)20(26)25-11-9-24(10-12-25)15-17-6-4-3-5-7-17/h3-7,14H,8-13,15H2,1-2H3,(H,21,22,23). The minimum absolute atomic E-state index is 0.0327. The van der Waals surface area contributed by atoms with Crippen LogP contribution >= 0.6 is 0 Å². The van der Waals surface area contributed by atoms with Crippen molar-refractivity contribution in [1.29, 1.82) is 0 Å². The summed E-state index contributed by atoms with van der Waals surface area (Å²) < 4.78 is 5.03. The van der Waals surface area contributed by atoms with Crippen molar-refractivity contribution in [3.8, 4) is 0 Å². The summed E-state index contributed by atoms with van der Waals surface area (Å²) in [6.07, 6.45) is 0. The fourth-order valence-corrected chi connectivity index (χ4v) is 3.16. The molecule has 144 valence electrons. The van der Waals surface area contributed by atoms with Crippen LogP contribution in [0.2, 0.25) is 0 Å². The lowest BCUT2D eigenvalue weighted by atomic mass is 10.2. The number of nitrogens with zero attached hydrogens (tertiary/aromatic N) is 4. The van der Waals surface area contributed by atoms with Crippen LogP contribution in [0.1, 0.15) is 21.9 Å². The van der Waals surface area contributed by atoms with Gasteiger partial charge in [0.25, 0.3) is 5.91 Å². The Morgan fingerprint density at radius 2 is 1.89 bits per heavy atom. The predicted molar refractivity (Wildman–Crippen MR) is 105 cm³/mol. The van der Waals surface area contributed by atoms with Gasteiger partial charge in [-0.1, -0.05) is 30.3 Å². The molecular weight excluding hydrogens is 342 g/mol. The monoisotopic (exact) mass is 369 g/mol. The molecule has 1 aliphatic heterocycles. The number of carbonyl (C=O) groups excluding carboxylic acids is 1. The van der Waals surface area contributed by atoms with Gasteiger partial charge in [0.05, 0.1) is 6.61 Å². The minimum Gasteiger partial charge on any atom is -0.383 e. The van der Waals surface area contributed by atoms with E-state index in [0.29, 0.717) is 43.6 Å². The molecule has 3 rings (SSSR count). The second kappa shape index (κ2) is 9.43. The molecule has 0 saturated carbocycles. The van der Waals surface area contributed by atoms with Crippen LogP contribution in [-0.4, -0.2) is 72.1 Å². The van der Waals surface area contributed by atoms with Crippen LogP contribution in [0.3, 0.4) is 0 Å². The van der Waals surface area contributed by atoms with E-state index in [2.05, 4.69) is 44.5 Å². The third-order valence-electron chi connectivity index (χ3n) is 4.58. The molecule has 0 spiro atoms. The van der Waals surface area contributed by atoms with Crippen molar-refractivity contribution >= 4 is 11.7 Å². The maximum Gasteiger partial charge on any atom is 0.272 e. The molecule has 0 atom stereocenters. The smallest absolute Gasteiger partial charge is 0.272 e. The summed E-state index contributed by atoms with van der Waals surface area (Å²) in [4.78, 5) is 25.8. The van der Waals surface area contributed by atoms with Gasteiger partial charge < -0.3 is 15.0 Å². The molecule has 0 unspecified atom stereocenters. The van der Waals surface area contributed by atoms with Gasteiger partial charge in [0.15, 0.2) is 0 Å². The SMILES string of the molecule is COCCNc1cc(C(=O)N2CCN(Cc3ccccc3)CC2)nc(C)n1. The summed E-state index contributed by atoms with van der Waals surface area (Å²) in [7, 11) is 1.65. The fourth-order valence-electron chi connectivity index (χ4n) is 3.16. The zero-order valence-electron chi connectivity index (χ0n) is 16.0. The van der Waals surface area contributed by atoms with Crippen molar-refractivity contribution in [2.75, 3.05) is 51.8 Å². The number of piperazine rings is 1. The molecule has 27 heavy (non-hydrogen) atoms. The topological polar surface area (TPSA) is 70.6 Å². The normalized spacial score (nSPS) is 15.0. The van der Waals surface area contributed by atoms with E-state index in [1.807, 2.05) is 11.0 Å².